The Morgan fingerprint density at radius 3 is 1.96 bits per heavy atom. The number of carbonyl (C=O) groups excluding carboxylic acids is 1. The van der Waals surface area contributed by atoms with Crippen LogP contribution in [0.3, 0.4) is 0 Å². The first-order chi connectivity index (χ1) is 12.0. The van der Waals surface area contributed by atoms with Crippen LogP contribution in [0.5, 0.6) is 0 Å². The summed E-state index contributed by atoms with van der Waals surface area (Å²) in [6.45, 7) is 2.48. The molecule has 0 aromatic carbocycles. The number of carboxylic acids is 1. The smallest absolute Gasteiger partial charge is 0.308 e. The van der Waals surface area contributed by atoms with Crippen LogP contribution in [0, 0.1) is 0 Å². The van der Waals surface area contributed by atoms with Gasteiger partial charge in [0.15, 0.2) is 6.10 Å². The van der Waals surface area contributed by atoms with Crippen LogP contribution in [0.1, 0.15) is 64.7 Å². The molecule has 0 fully saturated rings. The fourth-order valence-corrected chi connectivity index (χ4v) is 2.82. The maximum atomic E-state index is 12.0. The van der Waals surface area contributed by atoms with E-state index in [-0.39, 0.29) is 18.9 Å². The Labute approximate surface area is 157 Å². The Kier molecular flexibility index (Phi) is 12.5. The Bertz CT molecular complexity index is 407. The van der Waals surface area contributed by atoms with Crippen molar-refractivity contribution in [3.8, 4) is 0 Å². The largest absolute Gasteiger partial charge is 0.481 e. The average molecular weight is 377 g/mol. The summed E-state index contributed by atoms with van der Waals surface area (Å²) in [6.07, 6.45) is 3.43. The number of aliphatic hydroxyl groups is 2. The third-order valence-corrected chi connectivity index (χ3v) is 4.07. The van der Waals surface area contributed by atoms with Gasteiger partial charge in [0.1, 0.15) is 6.54 Å². The molecule has 0 spiro atoms. The van der Waals surface area contributed by atoms with Crippen molar-refractivity contribution in [3.05, 3.63) is 0 Å². The van der Waals surface area contributed by atoms with Crippen LogP contribution in [0.4, 0.5) is 0 Å². The highest BCUT2D eigenvalue weighted by Crippen LogP contribution is 2.13. The molecule has 0 aromatic heterocycles. The number of aliphatic carboxylic acids is 1. The van der Waals surface area contributed by atoms with Gasteiger partial charge in [0.05, 0.1) is 46.2 Å². The molecule has 0 aliphatic carbocycles. The van der Waals surface area contributed by atoms with E-state index in [0.717, 1.165) is 32.1 Å². The molecule has 0 saturated carbocycles. The highest BCUT2D eigenvalue weighted by atomic mass is 16.5. The van der Waals surface area contributed by atoms with E-state index >= 15 is 0 Å². The molecular formula is C19H38NO6+. The van der Waals surface area contributed by atoms with Gasteiger partial charge in [-0.3, -0.25) is 9.59 Å². The molecular weight excluding hydrogens is 338 g/mol. The van der Waals surface area contributed by atoms with Crippen molar-refractivity contribution in [2.75, 3.05) is 27.7 Å². The number of carbonyl (C=O) groups is 2. The van der Waals surface area contributed by atoms with E-state index in [4.69, 9.17) is 9.84 Å². The van der Waals surface area contributed by atoms with E-state index in [1.807, 2.05) is 21.1 Å². The predicted octanol–water partition coefficient (Wildman–Crippen LogP) is 1.94. The molecule has 0 heterocycles. The van der Waals surface area contributed by atoms with E-state index in [0.29, 0.717) is 23.9 Å². The third-order valence-electron chi connectivity index (χ3n) is 4.07. The number of carboxylic acid groups (broad SMARTS) is 1. The first kappa shape index (κ1) is 24.8. The maximum Gasteiger partial charge on any atom is 0.308 e. The second-order valence-electron chi connectivity index (χ2n) is 8.12. The molecule has 0 aromatic rings. The predicted molar refractivity (Wildman–Crippen MR) is 99.7 cm³/mol. The number of aliphatic hydroxyl groups excluding tert-OH is 2. The molecule has 154 valence electrons. The molecule has 3 unspecified atom stereocenters. The van der Waals surface area contributed by atoms with Gasteiger partial charge in [-0.05, 0) is 19.3 Å². The van der Waals surface area contributed by atoms with Gasteiger partial charge in [0, 0.05) is 0 Å². The van der Waals surface area contributed by atoms with E-state index in [9.17, 15) is 19.8 Å². The van der Waals surface area contributed by atoms with Crippen LogP contribution in [-0.2, 0) is 14.3 Å². The van der Waals surface area contributed by atoms with Crippen molar-refractivity contribution in [2.45, 2.75) is 83.0 Å². The number of ether oxygens (including phenoxy) is 1. The Morgan fingerprint density at radius 1 is 0.923 bits per heavy atom. The molecule has 26 heavy (non-hydrogen) atoms. The standard InChI is InChI=1S/C19H37NO6/c1-5-6-9-15(21)10-7-8-11-16(22)12-19(25)26-17(13-18(23)24)14-20(2,3)4/h15-17,21-22H,5-14H2,1-4H3/p+1. The third kappa shape index (κ3) is 15.1. The maximum absolute atomic E-state index is 12.0. The fraction of sp³-hybridized carbons (Fsp3) is 0.895. The first-order valence-corrected chi connectivity index (χ1v) is 9.61. The van der Waals surface area contributed by atoms with Gasteiger partial charge >= 0.3 is 11.9 Å². The van der Waals surface area contributed by atoms with Crippen molar-refractivity contribution < 1.29 is 34.1 Å². The minimum absolute atomic E-state index is 0.133. The topological polar surface area (TPSA) is 104 Å². The van der Waals surface area contributed by atoms with Crippen LogP contribution < -0.4 is 0 Å². The number of rotatable bonds is 15. The van der Waals surface area contributed by atoms with E-state index < -0.39 is 24.1 Å². The second kappa shape index (κ2) is 13.1. The van der Waals surface area contributed by atoms with Crippen molar-refractivity contribution in [3.63, 3.8) is 0 Å². The molecule has 0 amide bonds. The van der Waals surface area contributed by atoms with Gasteiger partial charge in [0.25, 0.3) is 0 Å². The van der Waals surface area contributed by atoms with Crippen molar-refractivity contribution >= 4 is 11.9 Å². The zero-order valence-corrected chi connectivity index (χ0v) is 16.8. The lowest BCUT2D eigenvalue weighted by molar-refractivity contribution is -0.873. The van der Waals surface area contributed by atoms with E-state index in [2.05, 4.69) is 6.92 Å². The Balaban J connectivity index is 4.12. The van der Waals surface area contributed by atoms with E-state index in [1.165, 1.54) is 0 Å². The lowest BCUT2D eigenvalue weighted by atomic mass is 10.0. The number of unbranched alkanes of at least 4 members (excludes halogenated alkanes) is 2. The van der Waals surface area contributed by atoms with E-state index in [1.54, 1.807) is 0 Å². The summed E-state index contributed by atoms with van der Waals surface area (Å²) >= 11 is 0. The summed E-state index contributed by atoms with van der Waals surface area (Å²) in [5.41, 5.74) is 0. The number of likely N-dealkylation sites (N-methyl/N-ethyl adjacent to an activating group) is 1. The van der Waals surface area contributed by atoms with Gasteiger partial charge in [-0.1, -0.05) is 32.6 Å². The van der Waals surface area contributed by atoms with Crippen molar-refractivity contribution in [2.24, 2.45) is 0 Å². The molecule has 0 aliphatic heterocycles. The number of nitrogens with zero attached hydrogens (tertiary/aromatic N) is 1. The number of hydrogen-bond acceptors (Lipinski definition) is 5. The van der Waals surface area contributed by atoms with Crippen LogP contribution in [0.25, 0.3) is 0 Å². The zero-order chi connectivity index (χ0) is 20.2. The minimum Gasteiger partial charge on any atom is -0.481 e. The lowest BCUT2D eigenvalue weighted by Gasteiger charge is -2.28. The summed E-state index contributed by atoms with van der Waals surface area (Å²) in [4.78, 5) is 22.9. The zero-order valence-electron chi connectivity index (χ0n) is 16.8. The molecule has 3 atom stereocenters. The van der Waals surface area contributed by atoms with Gasteiger partial charge in [-0.25, -0.2) is 0 Å². The monoisotopic (exact) mass is 376 g/mol. The molecule has 0 radical (unpaired) electrons. The van der Waals surface area contributed by atoms with Gasteiger partial charge in [-0.2, -0.15) is 0 Å². The van der Waals surface area contributed by atoms with Crippen LogP contribution in [0.15, 0.2) is 0 Å². The Hall–Kier alpha value is -1.18. The molecule has 0 rings (SSSR count). The lowest BCUT2D eigenvalue weighted by Crippen LogP contribution is -2.44. The van der Waals surface area contributed by atoms with Crippen LogP contribution in [0.2, 0.25) is 0 Å². The molecule has 7 nitrogen and oxygen atoms in total. The summed E-state index contributed by atoms with van der Waals surface area (Å²) in [6, 6.07) is 0. The second-order valence-corrected chi connectivity index (χ2v) is 8.12. The molecule has 0 aliphatic rings. The van der Waals surface area contributed by atoms with Gasteiger partial charge < -0.3 is 24.5 Å². The average Bonchev–Trinajstić information content (AvgIpc) is 2.46. The van der Waals surface area contributed by atoms with Crippen LogP contribution in [-0.4, -0.2) is 77.7 Å². The molecule has 0 bridgehead atoms. The van der Waals surface area contributed by atoms with Crippen molar-refractivity contribution in [1.82, 2.24) is 0 Å². The highest BCUT2D eigenvalue weighted by Gasteiger charge is 2.25. The van der Waals surface area contributed by atoms with Gasteiger partial charge in [-0.15, -0.1) is 0 Å². The van der Waals surface area contributed by atoms with Gasteiger partial charge in [0.2, 0.25) is 0 Å². The van der Waals surface area contributed by atoms with Crippen molar-refractivity contribution in [1.29, 1.82) is 0 Å². The number of hydrogen-bond donors (Lipinski definition) is 3. The fourth-order valence-electron chi connectivity index (χ4n) is 2.82. The highest BCUT2D eigenvalue weighted by molar-refractivity contribution is 5.71. The Morgan fingerprint density at radius 2 is 1.46 bits per heavy atom. The summed E-state index contributed by atoms with van der Waals surface area (Å²) in [7, 11) is 5.69. The molecule has 3 N–H and O–H groups in total. The quantitative estimate of drug-likeness (QED) is 0.229. The number of quaternary nitrogens is 1. The van der Waals surface area contributed by atoms with Crippen LogP contribution >= 0.6 is 0 Å². The summed E-state index contributed by atoms with van der Waals surface area (Å²) in [5, 5.41) is 28.7. The first-order valence-electron chi connectivity index (χ1n) is 9.61. The number of esters is 1. The molecule has 0 saturated heterocycles. The summed E-state index contributed by atoms with van der Waals surface area (Å²) in [5.74, 6) is -1.58. The summed E-state index contributed by atoms with van der Waals surface area (Å²) < 4.78 is 5.74. The minimum atomic E-state index is -1.02. The normalized spacial score (nSPS) is 15.3. The SMILES string of the molecule is CCCCC(O)CCCCC(O)CC(=O)OC(CC(=O)O)C[N+](C)(C)C. The molecule has 7 heteroatoms.